The number of hydrogen-bond donors (Lipinski definition) is 2. The smallest absolute Gasteiger partial charge is 0.251 e. The molecule has 2 rings (SSSR count). The molecule has 2 unspecified atom stereocenters. The third kappa shape index (κ3) is 2.71. The highest BCUT2D eigenvalue weighted by Gasteiger charge is 2.26. The summed E-state index contributed by atoms with van der Waals surface area (Å²) in [4.78, 5) is 12.0. The lowest BCUT2D eigenvalue weighted by Crippen LogP contribution is -2.39. The molecule has 1 aromatic rings. The first kappa shape index (κ1) is 13.5. The van der Waals surface area contributed by atoms with Gasteiger partial charge < -0.3 is 15.8 Å². The molecule has 1 aromatic carbocycles. The quantitative estimate of drug-likeness (QED) is 0.822. The molecule has 3 N–H and O–H groups in total. The van der Waals surface area contributed by atoms with Crippen LogP contribution in [0.3, 0.4) is 0 Å². The van der Waals surface area contributed by atoms with Gasteiger partial charge in [0.15, 0.2) is 0 Å². The summed E-state index contributed by atoms with van der Waals surface area (Å²) in [5.74, 6) is -0.221. The average molecular weight is 289 g/mol. The number of nitrogens with one attached hydrogen (secondary N) is 1. The highest BCUT2D eigenvalue weighted by molar-refractivity contribution is 6.39. The fourth-order valence-corrected chi connectivity index (χ4v) is 2.38. The molecule has 18 heavy (non-hydrogen) atoms. The van der Waals surface area contributed by atoms with Gasteiger partial charge in [-0.15, -0.1) is 0 Å². The van der Waals surface area contributed by atoms with E-state index in [2.05, 4.69) is 5.32 Å². The van der Waals surface area contributed by atoms with Crippen molar-refractivity contribution in [3.8, 4) is 0 Å². The maximum Gasteiger partial charge on any atom is 0.251 e. The summed E-state index contributed by atoms with van der Waals surface area (Å²) in [6.45, 7) is 2.59. The molecule has 1 fully saturated rings. The van der Waals surface area contributed by atoms with Crippen LogP contribution in [-0.2, 0) is 4.74 Å². The number of anilines is 1. The normalized spacial score (nSPS) is 23.1. The van der Waals surface area contributed by atoms with E-state index in [9.17, 15) is 4.79 Å². The zero-order valence-electron chi connectivity index (χ0n) is 9.87. The predicted octanol–water partition coefficient (Wildman–Crippen LogP) is 2.48. The van der Waals surface area contributed by atoms with E-state index in [0.29, 0.717) is 12.2 Å². The Morgan fingerprint density at radius 3 is 2.56 bits per heavy atom. The number of amides is 1. The van der Waals surface area contributed by atoms with Crippen LogP contribution in [0.4, 0.5) is 5.69 Å². The minimum Gasteiger partial charge on any atom is -0.396 e. The minimum atomic E-state index is -0.221. The molecule has 4 nitrogen and oxygen atoms in total. The van der Waals surface area contributed by atoms with Crippen LogP contribution in [0.1, 0.15) is 23.7 Å². The Morgan fingerprint density at radius 2 is 2.06 bits per heavy atom. The van der Waals surface area contributed by atoms with Gasteiger partial charge in [-0.2, -0.15) is 0 Å². The van der Waals surface area contributed by atoms with Crippen LogP contribution in [0.2, 0.25) is 10.0 Å². The fraction of sp³-hybridized carbons (Fsp3) is 0.417. The lowest BCUT2D eigenvalue weighted by atomic mass is 10.1. The first-order valence-electron chi connectivity index (χ1n) is 5.66. The molecule has 0 radical (unpaired) electrons. The van der Waals surface area contributed by atoms with Gasteiger partial charge in [-0.1, -0.05) is 23.2 Å². The standard InChI is InChI=1S/C12H14Cl2N2O2/c1-6-10(2-3-18-6)16-12(17)7-4-8(13)11(15)9(14)5-7/h4-6,10H,2-3,15H2,1H3,(H,16,17). The Morgan fingerprint density at radius 1 is 1.44 bits per heavy atom. The number of carbonyl (C=O) groups excluding carboxylic acids is 1. The average Bonchev–Trinajstić information content (AvgIpc) is 2.71. The Kier molecular flexibility index (Phi) is 4.00. The van der Waals surface area contributed by atoms with Crippen LogP contribution >= 0.6 is 23.2 Å². The maximum absolute atomic E-state index is 12.0. The van der Waals surface area contributed by atoms with Crippen LogP contribution in [0.25, 0.3) is 0 Å². The van der Waals surface area contributed by atoms with E-state index >= 15 is 0 Å². The van der Waals surface area contributed by atoms with E-state index in [1.54, 1.807) is 0 Å². The van der Waals surface area contributed by atoms with Crippen molar-refractivity contribution in [2.24, 2.45) is 0 Å². The molecule has 0 aliphatic carbocycles. The molecule has 1 heterocycles. The maximum atomic E-state index is 12.0. The second-order valence-corrected chi connectivity index (χ2v) is 5.11. The number of benzene rings is 1. The summed E-state index contributed by atoms with van der Waals surface area (Å²) in [6, 6.07) is 3.05. The first-order chi connectivity index (χ1) is 8.49. The SMILES string of the molecule is CC1OCCC1NC(=O)c1cc(Cl)c(N)c(Cl)c1. The van der Waals surface area contributed by atoms with Gasteiger partial charge in [0.1, 0.15) is 0 Å². The van der Waals surface area contributed by atoms with Crippen molar-refractivity contribution in [3.63, 3.8) is 0 Å². The third-order valence-corrected chi connectivity index (χ3v) is 3.66. The molecule has 6 heteroatoms. The molecule has 0 bridgehead atoms. The Balaban J connectivity index is 2.14. The summed E-state index contributed by atoms with van der Waals surface area (Å²) in [7, 11) is 0. The van der Waals surface area contributed by atoms with E-state index in [-0.39, 0.29) is 33.8 Å². The molecule has 0 saturated carbocycles. The summed E-state index contributed by atoms with van der Waals surface area (Å²) in [5.41, 5.74) is 6.31. The van der Waals surface area contributed by atoms with E-state index in [1.807, 2.05) is 6.92 Å². The molecule has 1 saturated heterocycles. The van der Waals surface area contributed by atoms with Crippen molar-refractivity contribution in [1.29, 1.82) is 0 Å². The van der Waals surface area contributed by atoms with Gasteiger partial charge in [0.2, 0.25) is 0 Å². The molecule has 1 aliphatic rings. The van der Waals surface area contributed by atoms with Crippen molar-refractivity contribution in [1.82, 2.24) is 5.32 Å². The molecular weight excluding hydrogens is 275 g/mol. The molecule has 0 spiro atoms. The first-order valence-corrected chi connectivity index (χ1v) is 6.41. The lowest BCUT2D eigenvalue weighted by molar-refractivity contribution is 0.0866. The van der Waals surface area contributed by atoms with Gasteiger partial charge in [-0.25, -0.2) is 0 Å². The zero-order chi connectivity index (χ0) is 13.3. The van der Waals surface area contributed by atoms with Gasteiger partial charge >= 0.3 is 0 Å². The summed E-state index contributed by atoms with van der Waals surface area (Å²) >= 11 is 11.8. The largest absolute Gasteiger partial charge is 0.396 e. The molecule has 1 aliphatic heterocycles. The minimum absolute atomic E-state index is 0.0209. The number of rotatable bonds is 2. The van der Waals surface area contributed by atoms with Crippen molar-refractivity contribution in [2.45, 2.75) is 25.5 Å². The Labute approximate surface area is 115 Å². The van der Waals surface area contributed by atoms with Crippen LogP contribution < -0.4 is 11.1 Å². The highest BCUT2D eigenvalue weighted by Crippen LogP contribution is 2.29. The van der Waals surface area contributed by atoms with Crippen LogP contribution in [0.5, 0.6) is 0 Å². The van der Waals surface area contributed by atoms with Crippen molar-refractivity contribution in [3.05, 3.63) is 27.7 Å². The number of nitrogens with two attached hydrogens (primary N) is 1. The van der Waals surface area contributed by atoms with E-state index in [0.717, 1.165) is 6.42 Å². The number of hydrogen-bond acceptors (Lipinski definition) is 3. The monoisotopic (exact) mass is 288 g/mol. The van der Waals surface area contributed by atoms with Gasteiger partial charge in [-0.05, 0) is 25.5 Å². The van der Waals surface area contributed by atoms with E-state index in [1.165, 1.54) is 12.1 Å². The summed E-state index contributed by atoms with van der Waals surface area (Å²) in [5, 5.41) is 3.46. The van der Waals surface area contributed by atoms with Gasteiger partial charge in [0.05, 0.1) is 27.9 Å². The molecule has 0 aromatic heterocycles. The Bertz CT molecular complexity index is 456. The van der Waals surface area contributed by atoms with Crippen LogP contribution in [0, 0.1) is 0 Å². The van der Waals surface area contributed by atoms with Gasteiger partial charge in [-0.3, -0.25) is 4.79 Å². The van der Waals surface area contributed by atoms with Crippen molar-refractivity contribution < 1.29 is 9.53 Å². The molecular formula is C12H14Cl2N2O2. The summed E-state index contributed by atoms with van der Waals surface area (Å²) in [6.07, 6.45) is 0.831. The number of carbonyl (C=O) groups is 1. The third-order valence-electron chi connectivity index (χ3n) is 3.03. The fourth-order valence-electron chi connectivity index (χ4n) is 1.89. The number of halogens is 2. The number of ether oxygens (including phenoxy) is 1. The highest BCUT2D eigenvalue weighted by atomic mass is 35.5. The number of nitrogen functional groups attached to an aromatic ring is 1. The van der Waals surface area contributed by atoms with Gasteiger partial charge in [0, 0.05) is 12.2 Å². The van der Waals surface area contributed by atoms with E-state index < -0.39 is 0 Å². The lowest BCUT2D eigenvalue weighted by Gasteiger charge is -2.16. The topological polar surface area (TPSA) is 64.3 Å². The van der Waals surface area contributed by atoms with Crippen LogP contribution in [0.15, 0.2) is 12.1 Å². The second-order valence-electron chi connectivity index (χ2n) is 4.30. The van der Waals surface area contributed by atoms with Crippen molar-refractivity contribution >= 4 is 34.8 Å². The predicted molar refractivity (Wildman–Crippen MR) is 72.2 cm³/mol. The summed E-state index contributed by atoms with van der Waals surface area (Å²) < 4.78 is 5.38. The van der Waals surface area contributed by atoms with Crippen molar-refractivity contribution in [2.75, 3.05) is 12.3 Å². The van der Waals surface area contributed by atoms with Crippen LogP contribution in [-0.4, -0.2) is 24.7 Å². The zero-order valence-corrected chi connectivity index (χ0v) is 11.4. The van der Waals surface area contributed by atoms with Gasteiger partial charge in [0.25, 0.3) is 5.91 Å². The molecule has 98 valence electrons. The molecule has 1 amide bonds. The molecule has 2 atom stereocenters. The van der Waals surface area contributed by atoms with E-state index in [4.69, 9.17) is 33.7 Å². The Hall–Kier alpha value is -0.970. The second kappa shape index (κ2) is 5.34.